The van der Waals surface area contributed by atoms with Gasteiger partial charge in [-0.1, -0.05) is 5.21 Å². The van der Waals surface area contributed by atoms with Crippen molar-refractivity contribution < 1.29 is 19.4 Å². The van der Waals surface area contributed by atoms with Crippen LogP contribution in [0.3, 0.4) is 0 Å². The van der Waals surface area contributed by atoms with Gasteiger partial charge in [-0.2, -0.15) is 0 Å². The highest BCUT2D eigenvalue weighted by Gasteiger charge is 2.27. The third kappa shape index (κ3) is 3.82. The summed E-state index contributed by atoms with van der Waals surface area (Å²) in [4.78, 5) is 24.8. The first-order valence-electron chi connectivity index (χ1n) is 7.64. The number of carboxylic acids is 1. The molecule has 1 aliphatic heterocycles. The molecule has 8 nitrogen and oxygen atoms in total. The van der Waals surface area contributed by atoms with Gasteiger partial charge < -0.3 is 14.7 Å². The van der Waals surface area contributed by atoms with Crippen molar-refractivity contribution in [3.63, 3.8) is 0 Å². The Kier molecular flexibility index (Phi) is 4.37. The van der Waals surface area contributed by atoms with Crippen LogP contribution in [0.1, 0.15) is 36.2 Å². The molecule has 0 spiro atoms. The Balaban J connectivity index is 1.50. The SMILES string of the molecule is O=C(O)c1cn(CC(=O)N2CCCC(OCC3CC3)C2)nn1. The largest absolute Gasteiger partial charge is 0.476 e. The number of hydrogen-bond acceptors (Lipinski definition) is 5. The molecule has 1 N–H and O–H groups in total. The summed E-state index contributed by atoms with van der Waals surface area (Å²) in [7, 11) is 0. The van der Waals surface area contributed by atoms with Crippen LogP contribution in [0.5, 0.6) is 0 Å². The van der Waals surface area contributed by atoms with Crippen LogP contribution < -0.4 is 0 Å². The molecule has 1 saturated carbocycles. The average molecular weight is 308 g/mol. The smallest absolute Gasteiger partial charge is 0.358 e. The summed E-state index contributed by atoms with van der Waals surface area (Å²) in [5.74, 6) is -0.512. The maximum atomic E-state index is 12.3. The Hall–Kier alpha value is -1.96. The van der Waals surface area contributed by atoms with Gasteiger partial charge in [0.25, 0.3) is 0 Å². The lowest BCUT2D eigenvalue weighted by molar-refractivity contribution is -0.136. The zero-order valence-corrected chi connectivity index (χ0v) is 12.3. The highest BCUT2D eigenvalue weighted by Crippen LogP contribution is 2.29. The van der Waals surface area contributed by atoms with Crippen LogP contribution >= 0.6 is 0 Å². The molecule has 1 aromatic rings. The van der Waals surface area contributed by atoms with Gasteiger partial charge in [-0.15, -0.1) is 5.10 Å². The van der Waals surface area contributed by atoms with E-state index in [1.54, 1.807) is 4.90 Å². The molecule has 1 aliphatic carbocycles. The number of carboxylic acid groups (broad SMARTS) is 1. The third-order valence-corrected chi connectivity index (χ3v) is 4.05. The molecule has 120 valence electrons. The van der Waals surface area contributed by atoms with Crippen LogP contribution in [-0.4, -0.2) is 62.7 Å². The van der Waals surface area contributed by atoms with E-state index in [2.05, 4.69) is 10.3 Å². The van der Waals surface area contributed by atoms with Gasteiger partial charge in [0.2, 0.25) is 5.91 Å². The zero-order valence-electron chi connectivity index (χ0n) is 12.3. The Morgan fingerprint density at radius 3 is 2.86 bits per heavy atom. The van der Waals surface area contributed by atoms with Crippen LogP contribution in [0.25, 0.3) is 0 Å². The number of carbonyl (C=O) groups excluding carboxylic acids is 1. The zero-order chi connectivity index (χ0) is 15.5. The standard InChI is InChI=1S/C14H20N4O4/c19-13(8-18-7-12(14(20)21)15-16-18)17-5-1-2-11(6-17)22-9-10-3-4-10/h7,10-11H,1-6,8-9H2,(H,20,21). The summed E-state index contributed by atoms with van der Waals surface area (Å²) < 4.78 is 7.13. The van der Waals surface area contributed by atoms with E-state index in [-0.39, 0.29) is 24.2 Å². The number of ether oxygens (including phenoxy) is 1. The normalized spacial score (nSPS) is 21.8. The topological polar surface area (TPSA) is 97.5 Å². The molecule has 1 unspecified atom stereocenters. The van der Waals surface area contributed by atoms with Gasteiger partial charge in [0.05, 0.1) is 12.3 Å². The van der Waals surface area contributed by atoms with Crippen molar-refractivity contribution >= 4 is 11.9 Å². The number of rotatable bonds is 6. The van der Waals surface area contributed by atoms with Gasteiger partial charge in [-0.3, -0.25) is 4.79 Å². The first-order valence-corrected chi connectivity index (χ1v) is 7.64. The number of carbonyl (C=O) groups is 2. The molecule has 8 heteroatoms. The van der Waals surface area contributed by atoms with Crippen molar-refractivity contribution in [2.45, 2.75) is 38.3 Å². The Bertz CT molecular complexity index is 555. The number of piperidine rings is 1. The second-order valence-electron chi connectivity index (χ2n) is 5.99. The number of amides is 1. The lowest BCUT2D eigenvalue weighted by Crippen LogP contribution is -2.44. The van der Waals surface area contributed by atoms with E-state index >= 15 is 0 Å². The monoisotopic (exact) mass is 308 g/mol. The summed E-state index contributed by atoms with van der Waals surface area (Å²) in [6.45, 7) is 2.13. The summed E-state index contributed by atoms with van der Waals surface area (Å²) in [5.41, 5.74) is -0.155. The minimum Gasteiger partial charge on any atom is -0.476 e. The molecule has 2 heterocycles. The van der Waals surface area contributed by atoms with E-state index < -0.39 is 5.97 Å². The predicted molar refractivity (Wildman–Crippen MR) is 75.3 cm³/mol. The molecule has 3 rings (SSSR count). The van der Waals surface area contributed by atoms with E-state index in [1.165, 1.54) is 23.7 Å². The quantitative estimate of drug-likeness (QED) is 0.816. The fourth-order valence-corrected chi connectivity index (χ4v) is 2.57. The van der Waals surface area contributed by atoms with Crippen molar-refractivity contribution in [2.75, 3.05) is 19.7 Å². The number of aromatic carboxylic acids is 1. The molecule has 0 radical (unpaired) electrons. The first-order chi connectivity index (χ1) is 10.6. The van der Waals surface area contributed by atoms with Gasteiger partial charge >= 0.3 is 5.97 Å². The maximum Gasteiger partial charge on any atom is 0.358 e. The third-order valence-electron chi connectivity index (χ3n) is 4.05. The second kappa shape index (κ2) is 6.43. The second-order valence-corrected chi connectivity index (χ2v) is 5.99. The van der Waals surface area contributed by atoms with Gasteiger partial charge in [0, 0.05) is 19.7 Å². The van der Waals surface area contributed by atoms with Crippen LogP contribution in [0.15, 0.2) is 6.20 Å². The number of hydrogen-bond donors (Lipinski definition) is 1. The Morgan fingerprint density at radius 2 is 2.18 bits per heavy atom. The fraction of sp³-hybridized carbons (Fsp3) is 0.714. The Labute approximate surface area is 128 Å². The minimum atomic E-state index is -1.15. The Morgan fingerprint density at radius 1 is 1.36 bits per heavy atom. The van der Waals surface area contributed by atoms with Crippen molar-refractivity contribution in [1.82, 2.24) is 19.9 Å². The molecule has 22 heavy (non-hydrogen) atoms. The molecular weight excluding hydrogens is 288 g/mol. The van der Waals surface area contributed by atoms with Crippen LogP contribution in [0.2, 0.25) is 0 Å². The molecule has 1 saturated heterocycles. The highest BCUT2D eigenvalue weighted by molar-refractivity contribution is 5.84. The number of aromatic nitrogens is 3. The van der Waals surface area contributed by atoms with Gasteiger partial charge in [0.15, 0.2) is 5.69 Å². The molecule has 2 fully saturated rings. The number of likely N-dealkylation sites (tertiary alicyclic amines) is 1. The average Bonchev–Trinajstić information content (AvgIpc) is 3.22. The molecule has 1 amide bonds. The molecule has 2 aliphatic rings. The summed E-state index contributed by atoms with van der Waals surface area (Å²) >= 11 is 0. The minimum absolute atomic E-state index is 0.00955. The van der Waals surface area contributed by atoms with Crippen molar-refractivity contribution in [3.8, 4) is 0 Å². The van der Waals surface area contributed by atoms with E-state index in [0.717, 1.165) is 25.4 Å². The van der Waals surface area contributed by atoms with Crippen LogP contribution in [0, 0.1) is 5.92 Å². The summed E-state index contributed by atoms with van der Waals surface area (Å²) in [6, 6.07) is 0. The van der Waals surface area contributed by atoms with Gasteiger partial charge in [0.1, 0.15) is 6.54 Å². The number of nitrogens with zero attached hydrogens (tertiary/aromatic N) is 4. The molecular formula is C14H20N4O4. The molecule has 0 bridgehead atoms. The predicted octanol–water partition coefficient (Wildman–Crippen LogP) is 0.394. The van der Waals surface area contributed by atoms with Crippen molar-refractivity contribution in [2.24, 2.45) is 5.92 Å². The molecule has 1 atom stereocenters. The van der Waals surface area contributed by atoms with Crippen molar-refractivity contribution in [3.05, 3.63) is 11.9 Å². The lowest BCUT2D eigenvalue weighted by atomic mass is 10.1. The molecule has 0 aromatic carbocycles. The van der Waals surface area contributed by atoms with Crippen molar-refractivity contribution in [1.29, 1.82) is 0 Å². The maximum absolute atomic E-state index is 12.3. The van der Waals surface area contributed by atoms with E-state index in [4.69, 9.17) is 9.84 Å². The highest BCUT2D eigenvalue weighted by atomic mass is 16.5. The van der Waals surface area contributed by atoms with Gasteiger partial charge in [-0.25, -0.2) is 9.48 Å². The first kappa shape index (κ1) is 15.0. The molecule has 1 aromatic heterocycles. The van der Waals surface area contributed by atoms with Crippen LogP contribution in [0.4, 0.5) is 0 Å². The van der Waals surface area contributed by atoms with E-state index in [9.17, 15) is 9.59 Å². The summed E-state index contributed by atoms with van der Waals surface area (Å²) in [5, 5.41) is 16.0. The van der Waals surface area contributed by atoms with Crippen LogP contribution in [-0.2, 0) is 16.1 Å². The van der Waals surface area contributed by atoms with E-state index in [1.807, 2.05) is 0 Å². The van der Waals surface area contributed by atoms with Gasteiger partial charge in [-0.05, 0) is 31.6 Å². The van der Waals surface area contributed by atoms with E-state index in [0.29, 0.717) is 13.1 Å². The fourth-order valence-electron chi connectivity index (χ4n) is 2.57. The lowest BCUT2D eigenvalue weighted by Gasteiger charge is -2.32. The summed E-state index contributed by atoms with van der Waals surface area (Å²) in [6.07, 6.45) is 5.82.